The molecule has 2 heterocycles. The number of carbonyl (C=O) groups is 1. The fraction of sp³-hybridized carbons (Fsp3) is 0.733. The SMILES string of the molecule is O=C(CC1CC2CCC1C2)NC1CCn2cncc21. The highest BCUT2D eigenvalue weighted by Crippen LogP contribution is 2.49. The summed E-state index contributed by atoms with van der Waals surface area (Å²) in [5, 5.41) is 3.21. The molecule has 1 N–H and O–H groups in total. The molecular formula is C15H21N3O. The first-order valence-electron chi connectivity index (χ1n) is 7.59. The second kappa shape index (κ2) is 4.36. The van der Waals surface area contributed by atoms with Gasteiger partial charge in [-0.2, -0.15) is 0 Å². The molecule has 102 valence electrons. The predicted octanol–water partition coefficient (Wildman–Crippen LogP) is 2.27. The highest BCUT2D eigenvalue weighted by Gasteiger charge is 2.40. The van der Waals surface area contributed by atoms with E-state index in [9.17, 15) is 4.79 Å². The van der Waals surface area contributed by atoms with E-state index in [0.717, 1.165) is 31.2 Å². The van der Waals surface area contributed by atoms with Crippen LogP contribution in [0.5, 0.6) is 0 Å². The summed E-state index contributed by atoms with van der Waals surface area (Å²) in [5.41, 5.74) is 1.17. The molecule has 2 fully saturated rings. The minimum atomic E-state index is 0.189. The Balaban J connectivity index is 1.35. The third-order valence-electron chi connectivity index (χ3n) is 5.43. The fourth-order valence-electron chi connectivity index (χ4n) is 4.49. The highest BCUT2D eigenvalue weighted by molar-refractivity contribution is 5.76. The summed E-state index contributed by atoms with van der Waals surface area (Å²) >= 11 is 0. The second-order valence-electron chi connectivity index (χ2n) is 6.56. The van der Waals surface area contributed by atoms with Crippen LogP contribution in [0.1, 0.15) is 50.3 Å². The van der Waals surface area contributed by atoms with Crippen molar-refractivity contribution in [1.29, 1.82) is 0 Å². The number of hydrogen-bond donors (Lipinski definition) is 1. The van der Waals surface area contributed by atoms with Crippen LogP contribution in [-0.4, -0.2) is 15.5 Å². The van der Waals surface area contributed by atoms with Crippen LogP contribution in [-0.2, 0) is 11.3 Å². The molecule has 2 bridgehead atoms. The van der Waals surface area contributed by atoms with E-state index in [4.69, 9.17) is 0 Å². The maximum atomic E-state index is 12.2. The zero-order valence-electron chi connectivity index (χ0n) is 11.2. The van der Waals surface area contributed by atoms with Gasteiger partial charge in [0, 0.05) is 13.0 Å². The van der Waals surface area contributed by atoms with E-state index in [1.807, 2.05) is 12.5 Å². The molecule has 0 aromatic carbocycles. The molecular weight excluding hydrogens is 238 g/mol. The number of nitrogens with one attached hydrogen (secondary N) is 1. The van der Waals surface area contributed by atoms with Gasteiger partial charge in [-0.15, -0.1) is 0 Å². The van der Waals surface area contributed by atoms with Crippen LogP contribution in [0.15, 0.2) is 12.5 Å². The topological polar surface area (TPSA) is 46.9 Å². The van der Waals surface area contributed by atoms with Gasteiger partial charge in [0.15, 0.2) is 0 Å². The van der Waals surface area contributed by atoms with Gasteiger partial charge >= 0.3 is 0 Å². The van der Waals surface area contributed by atoms with Gasteiger partial charge < -0.3 is 9.88 Å². The molecule has 19 heavy (non-hydrogen) atoms. The Labute approximate surface area is 113 Å². The second-order valence-corrected chi connectivity index (χ2v) is 6.56. The van der Waals surface area contributed by atoms with Gasteiger partial charge in [-0.05, 0) is 43.4 Å². The third-order valence-corrected chi connectivity index (χ3v) is 5.43. The monoisotopic (exact) mass is 259 g/mol. The van der Waals surface area contributed by atoms with Gasteiger partial charge in [0.05, 0.1) is 24.3 Å². The van der Waals surface area contributed by atoms with E-state index in [0.29, 0.717) is 5.92 Å². The molecule has 1 aromatic rings. The van der Waals surface area contributed by atoms with Gasteiger partial charge in [-0.3, -0.25) is 4.79 Å². The number of carbonyl (C=O) groups excluding carboxylic acids is 1. The molecule has 3 aliphatic rings. The van der Waals surface area contributed by atoms with Gasteiger partial charge in [0.25, 0.3) is 0 Å². The van der Waals surface area contributed by atoms with Crippen molar-refractivity contribution in [3.05, 3.63) is 18.2 Å². The van der Waals surface area contributed by atoms with Crippen molar-refractivity contribution >= 4 is 5.91 Å². The van der Waals surface area contributed by atoms with E-state index in [2.05, 4.69) is 14.9 Å². The average Bonchev–Trinajstić information content (AvgIpc) is 3.10. The van der Waals surface area contributed by atoms with Crippen LogP contribution in [0.25, 0.3) is 0 Å². The van der Waals surface area contributed by atoms with E-state index >= 15 is 0 Å². The number of amides is 1. The average molecular weight is 259 g/mol. The standard InChI is InChI=1S/C15H21N3O/c19-15(7-12-6-10-1-2-11(12)5-10)17-13-3-4-18-9-16-8-14(13)18/h8-13H,1-7H2,(H,17,19). The lowest BCUT2D eigenvalue weighted by atomic mass is 9.86. The largest absolute Gasteiger partial charge is 0.348 e. The summed E-state index contributed by atoms with van der Waals surface area (Å²) in [6, 6.07) is 0.189. The minimum absolute atomic E-state index is 0.189. The Bertz CT molecular complexity index is 495. The van der Waals surface area contributed by atoms with Crippen LogP contribution < -0.4 is 5.32 Å². The van der Waals surface area contributed by atoms with Crippen LogP contribution in [0, 0.1) is 17.8 Å². The molecule has 4 atom stereocenters. The first-order valence-corrected chi connectivity index (χ1v) is 7.59. The number of nitrogens with zero attached hydrogens (tertiary/aromatic N) is 2. The van der Waals surface area contributed by atoms with Crippen LogP contribution in [0.4, 0.5) is 0 Å². The first kappa shape index (κ1) is 11.5. The molecule has 2 saturated carbocycles. The summed E-state index contributed by atoms with van der Waals surface area (Å²) in [7, 11) is 0. The van der Waals surface area contributed by atoms with Crippen molar-refractivity contribution in [1.82, 2.24) is 14.9 Å². The Hall–Kier alpha value is -1.32. The van der Waals surface area contributed by atoms with Crippen molar-refractivity contribution in [3.8, 4) is 0 Å². The van der Waals surface area contributed by atoms with E-state index in [1.165, 1.54) is 31.4 Å². The predicted molar refractivity (Wildman–Crippen MR) is 71.3 cm³/mol. The Morgan fingerprint density at radius 3 is 3.11 bits per heavy atom. The molecule has 1 amide bonds. The summed E-state index contributed by atoms with van der Waals surface area (Å²) < 4.78 is 2.14. The smallest absolute Gasteiger partial charge is 0.220 e. The fourth-order valence-corrected chi connectivity index (χ4v) is 4.49. The Kier molecular flexibility index (Phi) is 2.64. The van der Waals surface area contributed by atoms with Gasteiger partial charge in [-0.25, -0.2) is 4.98 Å². The lowest BCUT2D eigenvalue weighted by molar-refractivity contribution is -0.123. The summed E-state index contributed by atoms with van der Waals surface area (Å²) in [6.07, 6.45) is 10.9. The number of rotatable bonds is 3. The Morgan fingerprint density at radius 1 is 1.37 bits per heavy atom. The number of imidazole rings is 1. The van der Waals surface area contributed by atoms with Crippen molar-refractivity contribution in [2.75, 3.05) is 0 Å². The number of fused-ring (bicyclic) bond motifs is 3. The molecule has 4 nitrogen and oxygen atoms in total. The van der Waals surface area contributed by atoms with Gasteiger partial charge in [-0.1, -0.05) is 6.42 Å². The summed E-state index contributed by atoms with van der Waals surface area (Å²) in [4.78, 5) is 16.4. The van der Waals surface area contributed by atoms with Gasteiger partial charge in [0.2, 0.25) is 5.91 Å². The summed E-state index contributed by atoms with van der Waals surface area (Å²) in [5.74, 6) is 2.67. The molecule has 1 aliphatic heterocycles. The first-order chi connectivity index (χ1) is 9.29. The number of aryl methyl sites for hydroxylation is 1. The summed E-state index contributed by atoms with van der Waals surface area (Å²) in [6.45, 7) is 0.981. The van der Waals surface area contributed by atoms with Gasteiger partial charge in [0.1, 0.15) is 0 Å². The van der Waals surface area contributed by atoms with E-state index in [-0.39, 0.29) is 11.9 Å². The molecule has 4 unspecified atom stereocenters. The maximum Gasteiger partial charge on any atom is 0.220 e. The zero-order valence-corrected chi connectivity index (χ0v) is 11.2. The third kappa shape index (κ3) is 1.97. The minimum Gasteiger partial charge on any atom is -0.348 e. The van der Waals surface area contributed by atoms with E-state index in [1.54, 1.807) is 0 Å². The van der Waals surface area contributed by atoms with Crippen LogP contribution in [0.3, 0.4) is 0 Å². The van der Waals surface area contributed by atoms with Crippen LogP contribution in [0.2, 0.25) is 0 Å². The highest BCUT2D eigenvalue weighted by atomic mass is 16.1. The van der Waals surface area contributed by atoms with Crippen molar-refractivity contribution in [2.24, 2.45) is 17.8 Å². The molecule has 0 radical (unpaired) electrons. The molecule has 4 heteroatoms. The molecule has 2 aliphatic carbocycles. The van der Waals surface area contributed by atoms with Crippen molar-refractivity contribution in [2.45, 2.75) is 51.1 Å². The zero-order chi connectivity index (χ0) is 12.8. The Morgan fingerprint density at radius 2 is 2.32 bits per heavy atom. The van der Waals surface area contributed by atoms with Crippen molar-refractivity contribution < 1.29 is 4.79 Å². The van der Waals surface area contributed by atoms with Crippen molar-refractivity contribution in [3.63, 3.8) is 0 Å². The molecule has 4 rings (SSSR count). The number of aromatic nitrogens is 2. The van der Waals surface area contributed by atoms with Crippen LogP contribution >= 0.6 is 0 Å². The molecule has 1 aromatic heterocycles. The lowest BCUT2D eigenvalue weighted by Gasteiger charge is -2.22. The molecule has 0 spiro atoms. The lowest BCUT2D eigenvalue weighted by Crippen LogP contribution is -2.30. The van der Waals surface area contributed by atoms with E-state index < -0.39 is 0 Å². The molecule has 0 saturated heterocycles. The quantitative estimate of drug-likeness (QED) is 0.905. The maximum absolute atomic E-state index is 12.2. The number of hydrogen-bond acceptors (Lipinski definition) is 2. The normalized spacial score (nSPS) is 35.6.